The van der Waals surface area contributed by atoms with Gasteiger partial charge < -0.3 is 10.1 Å². The second kappa shape index (κ2) is 5.25. The molecular formula is C17H20N2O. The number of hydrogen-bond donors (Lipinski definition) is 1. The molecule has 20 heavy (non-hydrogen) atoms. The molecule has 0 aliphatic carbocycles. The maximum Gasteiger partial charge on any atom is 0.125 e. The van der Waals surface area contributed by atoms with Gasteiger partial charge in [0, 0.05) is 30.4 Å². The van der Waals surface area contributed by atoms with Crippen LogP contribution in [-0.4, -0.2) is 17.1 Å². The normalized spacial score (nSPS) is 19.4. The molecule has 3 heteroatoms. The molecule has 0 saturated carbocycles. The molecular weight excluding hydrogens is 248 g/mol. The number of para-hydroxylation sites is 1. The fourth-order valence-corrected chi connectivity index (χ4v) is 2.78. The van der Waals surface area contributed by atoms with E-state index in [0.29, 0.717) is 0 Å². The van der Waals surface area contributed by atoms with Crippen molar-refractivity contribution in [3.63, 3.8) is 0 Å². The number of aromatic nitrogens is 1. The van der Waals surface area contributed by atoms with Gasteiger partial charge in [0.25, 0.3) is 0 Å². The zero-order valence-corrected chi connectivity index (χ0v) is 12.0. The Bertz CT molecular complexity index is 581. The average Bonchev–Trinajstić information content (AvgIpc) is 2.71. The second-order valence-corrected chi connectivity index (χ2v) is 5.70. The van der Waals surface area contributed by atoms with Crippen LogP contribution in [0, 0.1) is 0 Å². The second-order valence-electron chi connectivity index (χ2n) is 5.70. The van der Waals surface area contributed by atoms with E-state index in [0.717, 1.165) is 24.4 Å². The Morgan fingerprint density at radius 3 is 2.75 bits per heavy atom. The van der Waals surface area contributed by atoms with Crippen LogP contribution in [0.4, 0.5) is 0 Å². The molecule has 0 saturated heterocycles. The van der Waals surface area contributed by atoms with Crippen molar-refractivity contribution >= 4 is 0 Å². The summed E-state index contributed by atoms with van der Waals surface area (Å²) in [5.74, 6) is 0.993. The Balaban J connectivity index is 1.67. The summed E-state index contributed by atoms with van der Waals surface area (Å²) >= 11 is 0. The SMILES string of the molecule is CC1(C)Oc2ccccc2C1NCCc1ccccn1. The monoisotopic (exact) mass is 268 g/mol. The minimum atomic E-state index is -0.214. The van der Waals surface area contributed by atoms with Crippen molar-refractivity contribution in [2.75, 3.05) is 6.54 Å². The highest BCUT2D eigenvalue weighted by molar-refractivity contribution is 5.42. The summed E-state index contributed by atoms with van der Waals surface area (Å²) in [7, 11) is 0. The minimum absolute atomic E-state index is 0.214. The van der Waals surface area contributed by atoms with Crippen molar-refractivity contribution in [2.45, 2.75) is 31.9 Å². The number of hydrogen-bond acceptors (Lipinski definition) is 3. The molecule has 0 amide bonds. The third-order valence-corrected chi connectivity index (χ3v) is 3.75. The highest BCUT2D eigenvalue weighted by atomic mass is 16.5. The van der Waals surface area contributed by atoms with Crippen LogP contribution in [-0.2, 0) is 6.42 Å². The number of nitrogens with zero attached hydrogens (tertiary/aromatic N) is 1. The number of rotatable bonds is 4. The molecule has 2 heterocycles. The lowest BCUT2D eigenvalue weighted by Crippen LogP contribution is -2.39. The van der Waals surface area contributed by atoms with Gasteiger partial charge in [-0.25, -0.2) is 0 Å². The Morgan fingerprint density at radius 1 is 1.15 bits per heavy atom. The van der Waals surface area contributed by atoms with Gasteiger partial charge in [0.2, 0.25) is 0 Å². The molecule has 2 aromatic rings. The third kappa shape index (κ3) is 2.54. The standard InChI is InChI=1S/C17H20N2O/c1-17(2)16(14-8-3-4-9-15(14)20-17)19-12-10-13-7-5-6-11-18-13/h3-9,11,16,19H,10,12H2,1-2H3. The van der Waals surface area contributed by atoms with Crippen molar-refractivity contribution < 1.29 is 4.74 Å². The summed E-state index contributed by atoms with van der Waals surface area (Å²) in [5.41, 5.74) is 2.15. The molecule has 1 aliphatic rings. The van der Waals surface area contributed by atoms with E-state index >= 15 is 0 Å². The zero-order chi connectivity index (χ0) is 14.0. The molecule has 0 radical (unpaired) electrons. The highest BCUT2D eigenvalue weighted by Gasteiger charge is 2.40. The summed E-state index contributed by atoms with van der Waals surface area (Å²) in [6.45, 7) is 5.15. The largest absolute Gasteiger partial charge is 0.486 e. The predicted octanol–water partition coefficient (Wildman–Crippen LogP) is 3.13. The van der Waals surface area contributed by atoms with Gasteiger partial charge in [-0.1, -0.05) is 24.3 Å². The number of benzene rings is 1. The third-order valence-electron chi connectivity index (χ3n) is 3.75. The quantitative estimate of drug-likeness (QED) is 0.925. The van der Waals surface area contributed by atoms with Gasteiger partial charge >= 0.3 is 0 Å². The number of pyridine rings is 1. The summed E-state index contributed by atoms with van der Waals surface area (Å²) < 4.78 is 6.03. The van der Waals surface area contributed by atoms with Crippen LogP contribution in [0.25, 0.3) is 0 Å². The van der Waals surface area contributed by atoms with Crippen LogP contribution in [0.5, 0.6) is 5.75 Å². The molecule has 1 atom stereocenters. The van der Waals surface area contributed by atoms with E-state index in [9.17, 15) is 0 Å². The van der Waals surface area contributed by atoms with Crippen molar-refractivity contribution in [2.24, 2.45) is 0 Å². The van der Waals surface area contributed by atoms with E-state index in [4.69, 9.17) is 4.74 Å². The van der Waals surface area contributed by atoms with Gasteiger partial charge in [0.1, 0.15) is 11.4 Å². The van der Waals surface area contributed by atoms with Gasteiger partial charge in [-0.15, -0.1) is 0 Å². The summed E-state index contributed by atoms with van der Waals surface area (Å²) in [4.78, 5) is 4.35. The molecule has 1 unspecified atom stereocenters. The first kappa shape index (κ1) is 13.1. The fourth-order valence-electron chi connectivity index (χ4n) is 2.78. The smallest absolute Gasteiger partial charge is 0.125 e. The summed E-state index contributed by atoms with van der Waals surface area (Å²) in [6, 6.07) is 14.5. The van der Waals surface area contributed by atoms with Gasteiger partial charge in [-0.3, -0.25) is 4.98 Å². The maximum absolute atomic E-state index is 6.03. The van der Waals surface area contributed by atoms with Crippen LogP contribution in [0.2, 0.25) is 0 Å². The van der Waals surface area contributed by atoms with Crippen LogP contribution < -0.4 is 10.1 Å². The van der Waals surface area contributed by atoms with Gasteiger partial charge in [-0.2, -0.15) is 0 Å². The van der Waals surface area contributed by atoms with E-state index in [1.807, 2.05) is 30.5 Å². The van der Waals surface area contributed by atoms with Crippen LogP contribution in [0.3, 0.4) is 0 Å². The van der Waals surface area contributed by atoms with E-state index in [1.165, 1.54) is 5.56 Å². The van der Waals surface area contributed by atoms with Gasteiger partial charge in [-0.05, 0) is 32.0 Å². The number of nitrogens with one attached hydrogen (secondary N) is 1. The van der Waals surface area contributed by atoms with Crippen LogP contribution in [0.1, 0.15) is 31.1 Å². The molecule has 1 N–H and O–H groups in total. The molecule has 1 aliphatic heterocycles. The Hall–Kier alpha value is -1.87. The van der Waals surface area contributed by atoms with Gasteiger partial charge in [0.15, 0.2) is 0 Å². The molecule has 0 spiro atoms. The minimum Gasteiger partial charge on any atom is -0.486 e. The van der Waals surface area contributed by atoms with Crippen LogP contribution in [0.15, 0.2) is 48.7 Å². The van der Waals surface area contributed by atoms with E-state index < -0.39 is 0 Å². The summed E-state index contributed by atoms with van der Waals surface area (Å²) in [6.07, 6.45) is 2.77. The van der Waals surface area contributed by atoms with E-state index in [2.05, 4.69) is 42.3 Å². The van der Waals surface area contributed by atoms with Crippen molar-refractivity contribution in [3.05, 3.63) is 59.9 Å². The highest BCUT2D eigenvalue weighted by Crippen LogP contribution is 2.42. The van der Waals surface area contributed by atoms with Crippen LogP contribution >= 0.6 is 0 Å². The Labute approximate surface area is 120 Å². The first-order valence-corrected chi connectivity index (χ1v) is 7.08. The average molecular weight is 268 g/mol. The first-order valence-electron chi connectivity index (χ1n) is 7.08. The molecule has 3 nitrogen and oxygen atoms in total. The van der Waals surface area contributed by atoms with Crippen molar-refractivity contribution in [3.8, 4) is 5.75 Å². The van der Waals surface area contributed by atoms with E-state index in [1.54, 1.807) is 0 Å². The van der Waals surface area contributed by atoms with Crippen molar-refractivity contribution in [1.29, 1.82) is 0 Å². The predicted molar refractivity (Wildman–Crippen MR) is 79.8 cm³/mol. The first-order chi connectivity index (χ1) is 9.67. The Morgan fingerprint density at radius 2 is 1.95 bits per heavy atom. The van der Waals surface area contributed by atoms with Gasteiger partial charge in [0.05, 0.1) is 6.04 Å². The fraction of sp³-hybridized carbons (Fsp3) is 0.353. The van der Waals surface area contributed by atoms with E-state index in [-0.39, 0.29) is 11.6 Å². The molecule has 1 aromatic carbocycles. The molecule has 104 valence electrons. The summed E-state index contributed by atoms with van der Waals surface area (Å²) in [5, 5.41) is 3.61. The lowest BCUT2D eigenvalue weighted by atomic mass is 9.94. The molecule has 3 rings (SSSR count). The zero-order valence-electron chi connectivity index (χ0n) is 12.0. The topological polar surface area (TPSA) is 34.1 Å². The van der Waals surface area contributed by atoms with Crippen molar-refractivity contribution in [1.82, 2.24) is 10.3 Å². The lowest BCUT2D eigenvalue weighted by molar-refractivity contribution is 0.0967. The lowest BCUT2D eigenvalue weighted by Gasteiger charge is -2.27. The maximum atomic E-state index is 6.03. The number of ether oxygens (including phenoxy) is 1. The molecule has 1 aromatic heterocycles. The Kier molecular flexibility index (Phi) is 3.45. The molecule has 0 bridgehead atoms. The molecule has 0 fully saturated rings. The number of fused-ring (bicyclic) bond motifs is 1.